The van der Waals surface area contributed by atoms with Gasteiger partial charge >= 0.3 is 6.03 Å². The van der Waals surface area contributed by atoms with Gasteiger partial charge < -0.3 is 19.7 Å². The molecule has 0 aromatic carbocycles. The number of carbonyl (C=O) groups is 1. The first kappa shape index (κ1) is 20.0. The maximum absolute atomic E-state index is 12.7. The van der Waals surface area contributed by atoms with E-state index in [0.29, 0.717) is 19.7 Å². The average molecular weight is 377 g/mol. The number of amides is 2. The number of likely N-dealkylation sites (tertiary alicyclic amines) is 1. The molecule has 3 heterocycles. The Morgan fingerprint density at radius 2 is 2.19 bits per heavy atom. The fourth-order valence-corrected chi connectivity index (χ4v) is 3.64. The minimum Gasteiger partial charge on any atom is -0.379 e. The Labute approximate surface area is 162 Å². The minimum atomic E-state index is -0.0779. The Hall–Kier alpha value is -1.70. The monoisotopic (exact) mass is 376 g/mol. The second-order valence-corrected chi connectivity index (χ2v) is 7.95. The van der Waals surface area contributed by atoms with Crippen LogP contribution in [0.2, 0.25) is 0 Å². The Morgan fingerprint density at radius 1 is 1.37 bits per heavy atom. The first-order chi connectivity index (χ1) is 13.0. The zero-order valence-electron chi connectivity index (χ0n) is 16.5. The molecule has 0 aliphatic carbocycles. The number of nitrogens with zero attached hydrogens (tertiary/aromatic N) is 3. The second-order valence-electron chi connectivity index (χ2n) is 7.95. The van der Waals surface area contributed by atoms with Crippen LogP contribution in [0.4, 0.5) is 4.79 Å². The van der Waals surface area contributed by atoms with Crippen LogP contribution in [0.1, 0.15) is 32.3 Å². The Kier molecular flexibility index (Phi) is 7.04. The summed E-state index contributed by atoms with van der Waals surface area (Å²) in [5.41, 5.74) is 0.983. The number of aromatic nitrogens is 1. The van der Waals surface area contributed by atoms with E-state index in [1.165, 1.54) is 0 Å². The number of pyridine rings is 1. The summed E-state index contributed by atoms with van der Waals surface area (Å²) >= 11 is 0. The van der Waals surface area contributed by atoms with Gasteiger partial charge in [-0.15, -0.1) is 0 Å². The van der Waals surface area contributed by atoms with Crippen LogP contribution in [0.5, 0.6) is 0 Å². The van der Waals surface area contributed by atoms with Gasteiger partial charge in [0.1, 0.15) is 0 Å². The van der Waals surface area contributed by atoms with E-state index in [2.05, 4.69) is 29.0 Å². The lowest BCUT2D eigenvalue weighted by Gasteiger charge is -2.41. The number of carbonyl (C=O) groups excluding carboxylic acids is 1. The van der Waals surface area contributed by atoms with Gasteiger partial charge in [0.05, 0.1) is 25.9 Å². The van der Waals surface area contributed by atoms with Crippen molar-refractivity contribution in [3.05, 3.63) is 30.1 Å². The number of nitrogens with one attached hydrogen (secondary N) is 1. The third-order valence-electron chi connectivity index (χ3n) is 5.41. The number of morpholine rings is 1. The molecule has 0 spiro atoms. The van der Waals surface area contributed by atoms with Gasteiger partial charge in [0.15, 0.2) is 0 Å². The van der Waals surface area contributed by atoms with Crippen LogP contribution in [0, 0.1) is 0 Å². The van der Waals surface area contributed by atoms with Crippen molar-refractivity contribution in [2.24, 2.45) is 0 Å². The molecule has 1 aromatic rings. The topological polar surface area (TPSA) is 66.9 Å². The molecule has 2 fully saturated rings. The largest absolute Gasteiger partial charge is 0.379 e. The number of hydrogen-bond donors (Lipinski definition) is 1. The van der Waals surface area contributed by atoms with Gasteiger partial charge in [0, 0.05) is 50.7 Å². The second kappa shape index (κ2) is 9.48. The summed E-state index contributed by atoms with van der Waals surface area (Å²) in [6.07, 6.45) is 5.62. The van der Waals surface area contributed by atoms with Gasteiger partial charge in [-0.2, -0.15) is 0 Å². The Morgan fingerprint density at radius 3 is 2.93 bits per heavy atom. The predicted molar refractivity (Wildman–Crippen MR) is 103 cm³/mol. The van der Waals surface area contributed by atoms with E-state index in [9.17, 15) is 4.79 Å². The number of hydrogen-bond acceptors (Lipinski definition) is 5. The molecule has 0 bridgehead atoms. The molecule has 1 unspecified atom stereocenters. The smallest absolute Gasteiger partial charge is 0.317 e. The van der Waals surface area contributed by atoms with Crippen molar-refractivity contribution in [3.63, 3.8) is 0 Å². The van der Waals surface area contributed by atoms with E-state index in [0.717, 1.165) is 51.3 Å². The lowest BCUT2D eigenvalue weighted by atomic mass is 10.0. The molecule has 2 aliphatic rings. The number of piperidine rings is 1. The quantitative estimate of drug-likeness (QED) is 0.821. The summed E-state index contributed by atoms with van der Waals surface area (Å²) in [6, 6.07) is 3.93. The molecule has 7 heteroatoms. The molecule has 2 aliphatic heterocycles. The first-order valence-electron chi connectivity index (χ1n) is 9.91. The van der Waals surface area contributed by atoms with Crippen molar-refractivity contribution >= 4 is 6.03 Å². The Balaban J connectivity index is 1.43. The molecule has 3 rings (SSSR count). The van der Waals surface area contributed by atoms with E-state index in [1.54, 1.807) is 6.20 Å². The van der Waals surface area contributed by atoms with E-state index in [4.69, 9.17) is 9.47 Å². The van der Waals surface area contributed by atoms with Crippen molar-refractivity contribution in [3.8, 4) is 0 Å². The van der Waals surface area contributed by atoms with E-state index >= 15 is 0 Å². The molecule has 2 saturated heterocycles. The molecule has 7 nitrogen and oxygen atoms in total. The number of rotatable bonds is 6. The molecule has 0 saturated carbocycles. The van der Waals surface area contributed by atoms with Gasteiger partial charge in [0.25, 0.3) is 0 Å². The molecule has 2 amide bonds. The highest BCUT2D eigenvalue weighted by Gasteiger charge is 2.30. The molecule has 27 heavy (non-hydrogen) atoms. The highest BCUT2D eigenvalue weighted by atomic mass is 16.5. The molecule has 1 atom stereocenters. The molecular weight excluding hydrogens is 344 g/mol. The number of ether oxygens (including phenoxy) is 2. The fraction of sp³-hybridized carbons (Fsp3) is 0.700. The van der Waals surface area contributed by atoms with Gasteiger partial charge in [-0.3, -0.25) is 9.88 Å². The third kappa shape index (κ3) is 5.89. The molecule has 1 aromatic heterocycles. The maximum Gasteiger partial charge on any atom is 0.317 e. The fourth-order valence-electron chi connectivity index (χ4n) is 3.64. The summed E-state index contributed by atoms with van der Waals surface area (Å²) in [7, 11) is 0. The van der Waals surface area contributed by atoms with Crippen LogP contribution in [0.15, 0.2) is 24.5 Å². The zero-order chi connectivity index (χ0) is 19.1. The summed E-state index contributed by atoms with van der Waals surface area (Å²) < 4.78 is 11.4. The van der Waals surface area contributed by atoms with Crippen molar-refractivity contribution in [2.45, 2.75) is 44.9 Å². The Bertz CT molecular complexity index is 590. The first-order valence-corrected chi connectivity index (χ1v) is 9.91. The van der Waals surface area contributed by atoms with Gasteiger partial charge in [-0.1, -0.05) is 6.07 Å². The zero-order valence-corrected chi connectivity index (χ0v) is 16.5. The lowest BCUT2D eigenvalue weighted by Crippen LogP contribution is -2.57. The summed E-state index contributed by atoms with van der Waals surface area (Å²) in [5.74, 6) is 0. The summed E-state index contributed by atoms with van der Waals surface area (Å²) in [5, 5.41) is 3.12. The van der Waals surface area contributed by atoms with Gasteiger partial charge in [-0.25, -0.2) is 4.79 Å². The average Bonchev–Trinajstić information content (AvgIpc) is 2.72. The van der Waals surface area contributed by atoms with Crippen LogP contribution < -0.4 is 5.32 Å². The molecule has 1 N–H and O–H groups in total. The third-order valence-corrected chi connectivity index (χ3v) is 5.41. The SMILES string of the molecule is CC(C)(CNC(=O)N1CCCC(OCc2cccnc2)C1)N1CCOCC1. The van der Waals surface area contributed by atoms with Gasteiger partial charge in [-0.05, 0) is 38.3 Å². The van der Waals surface area contributed by atoms with E-state index in [1.807, 2.05) is 23.2 Å². The molecular formula is C20H32N4O3. The van der Waals surface area contributed by atoms with Crippen LogP contribution in [0.3, 0.4) is 0 Å². The maximum atomic E-state index is 12.7. The van der Waals surface area contributed by atoms with E-state index in [-0.39, 0.29) is 17.7 Å². The van der Waals surface area contributed by atoms with Crippen molar-refractivity contribution in [1.29, 1.82) is 0 Å². The van der Waals surface area contributed by atoms with E-state index < -0.39 is 0 Å². The normalized spacial score (nSPS) is 21.9. The highest BCUT2D eigenvalue weighted by molar-refractivity contribution is 5.74. The van der Waals surface area contributed by atoms with Crippen LogP contribution in [-0.2, 0) is 16.1 Å². The molecule has 150 valence electrons. The summed E-state index contributed by atoms with van der Waals surface area (Å²) in [4.78, 5) is 21.0. The molecule has 0 radical (unpaired) electrons. The van der Waals surface area contributed by atoms with Crippen molar-refractivity contribution in [2.75, 3.05) is 45.9 Å². The summed E-state index contributed by atoms with van der Waals surface area (Å²) in [6.45, 7) is 10.3. The standard InChI is InChI=1S/C20H32N4O3/c1-20(2,24-9-11-26-12-10-24)16-22-19(25)23-8-4-6-18(14-23)27-15-17-5-3-7-21-13-17/h3,5,7,13,18H,4,6,8-12,14-16H2,1-2H3,(H,22,25). The van der Waals surface area contributed by atoms with Gasteiger partial charge in [0.2, 0.25) is 0 Å². The number of urea groups is 1. The van der Waals surface area contributed by atoms with Crippen LogP contribution >= 0.6 is 0 Å². The van der Waals surface area contributed by atoms with Crippen LogP contribution in [0.25, 0.3) is 0 Å². The highest BCUT2D eigenvalue weighted by Crippen LogP contribution is 2.17. The minimum absolute atomic E-state index is 0.00557. The van der Waals surface area contributed by atoms with Crippen molar-refractivity contribution < 1.29 is 14.3 Å². The van der Waals surface area contributed by atoms with Crippen molar-refractivity contribution in [1.82, 2.24) is 20.1 Å². The lowest BCUT2D eigenvalue weighted by molar-refractivity contribution is -0.0112. The van der Waals surface area contributed by atoms with Crippen LogP contribution in [-0.4, -0.2) is 78.4 Å². The predicted octanol–water partition coefficient (Wildman–Crippen LogP) is 1.88.